The Balaban J connectivity index is 1.79. The van der Waals surface area contributed by atoms with E-state index >= 15 is 0 Å². The second kappa shape index (κ2) is 4.56. The Hall–Kier alpha value is -2.38. The fraction of sp³-hybridized carbons (Fsp3) is 0.133. The summed E-state index contributed by atoms with van der Waals surface area (Å²) in [6.07, 6.45) is 4.07. The van der Waals surface area contributed by atoms with Crippen molar-refractivity contribution in [3.8, 4) is 0 Å². The molecule has 6 nitrogen and oxygen atoms in total. The summed E-state index contributed by atoms with van der Waals surface area (Å²) < 4.78 is 1.97. The maximum absolute atomic E-state index is 12.2. The molecule has 1 aromatic carbocycles. The zero-order valence-corrected chi connectivity index (χ0v) is 13.3. The van der Waals surface area contributed by atoms with E-state index in [4.69, 9.17) is 11.6 Å². The molecule has 0 aliphatic carbocycles. The minimum absolute atomic E-state index is 0.0254. The summed E-state index contributed by atoms with van der Waals surface area (Å²) in [5.74, 6) is -0.155. The summed E-state index contributed by atoms with van der Waals surface area (Å²) in [4.78, 5) is 17.4. The predicted molar refractivity (Wildman–Crippen MR) is 89.3 cm³/mol. The van der Waals surface area contributed by atoms with Crippen LogP contribution in [0.15, 0.2) is 29.9 Å². The number of nitrogens with zero attached hydrogens (tertiary/aromatic N) is 3. The zero-order chi connectivity index (χ0) is 15.6. The van der Waals surface area contributed by atoms with Crippen molar-refractivity contribution in [3.63, 3.8) is 0 Å². The number of thiazole rings is 1. The number of aromatic nitrogens is 4. The van der Waals surface area contributed by atoms with Gasteiger partial charge in [-0.05, 0) is 17.7 Å². The third kappa shape index (κ3) is 1.83. The first-order chi connectivity index (χ1) is 11.2. The van der Waals surface area contributed by atoms with E-state index in [1.165, 1.54) is 11.3 Å². The highest BCUT2D eigenvalue weighted by molar-refractivity contribution is 7.15. The maximum atomic E-state index is 12.2. The fourth-order valence-corrected chi connectivity index (χ4v) is 4.31. The smallest absolute Gasteiger partial charge is 0.225 e. The van der Waals surface area contributed by atoms with Crippen LogP contribution >= 0.6 is 22.9 Å². The summed E-state index contributed by atoms with van der Waals surface area (Å²) in [6, 6.07) is 3.97. The van der Waals surface area contributed by atoms with Crippen LogP contribution in [0.1, 0.15) is 23.6 Å². The predicted octanol–water partition coefficient (Wildman–Crippen LogP) is 3.40. The van der Waals surface area contributed by atoms with Gasteiger partial charge in [-0.3, -0.25) is 14.3 Å². The first-order valence-electron chi connectivity index (χ1n) is 7.08. The molecule has 1 aliphatic rings. The van der Waals surface area contributed by atoms with E-state index < -0.39 is 0 Å². The van der Waals surface area contributed by atoms with Crippen LogP contribution in [0.25, 0.3) is 15.9 Å². The highest BCUT2D eigenvalue weighted by Crippen LogP contribution is 2.41. The number of amides is 1. The van der Waals surface area contributed by atoms with Crippen molar-refractivity contribution in [3.05, 3.63) is 46.3 Å². The van der Waals surface area contributed by atoms with E-state index in [2.05, 4.69) is 26.6 Å². The molecule has 5 rings (SSSR count). The number of hydrogen-bond acceptors (Lipinski definition) is 4. The van der Waals surface area contributed by atoms with Gasteiger partial charge >= 0.3 is 0 Å². The summed E-state index contributed by atoms with van der Waals surface area (Å²) >= 11 is 7.90. The third-order valence-electron chi connectivity index (χ3n) is 4.23. The molecule has 4 heterocycles. The second-order valence-electron chi connectivity index (χ2n) is 5.55. The molecule has 8 heteroatoms. The van der Waals surface area contributed by atoms with Crippen LogP contribution < -0.4 is 5.32 Å². The number of carbonyl (C=O) groups excluding carboxylic acids is 1. The van der Waals surface area contributed by atoms with E-state index in [0.29, 0.717) is 11.6 Å². The van der Waals surface area contributed by atoms with E-state index in [-0.39, 0.29) is 11.8 Å². The number of aromatic amines is 1. The van der Waals surface area contributed by atoms with Crippen molar-refractivity contribution in [1.82, 2.24) is 19.6 Å². The Labute approximate surface area is 139 Å². The molecule has 1 unspecified atom stereocenters. The number of nitrogens with one attached hydrogen (secondary N) is 2. The Morgan fingerprint density at radius 3 is 3.22 bits per heavy atom. The number of benzene rings is 1. The van der Waals surface area contributed by atoms with Gasteiger partial charge in [-0.1, -0.05) is 11.6 Å². The van der Waals surface area contributed by atoms with Gasteiger partial charge in [-0.25, -0.2) is 4.98 Å². The SMILES string of the molecule is O=C1CC(c2c(Cl)nc3sccn23)c2cc3cn[nH]c3cc2N1. The number of carbonyl (C=O) groups is 1. The molecule has 0 saturated carbocycles. The standard InChI is InChI=1S/C15H10ClN5OS/c16-14-13(21-1-2-23-15(21)19-14)9-4-12(22)18-11-5-10-7(3-8(9)11)6-17-20-10/h1-3,5-6,9H,4H2,(H,17,20)(H,18,22). The molecule has 3 aromatic heterocycles. The van der Waals surface area contributed by atoms with Gasteiger partial charge < -0.3 is 5.32 Å². The highest BCUT2D eigenvalue weighted by Gasteiger charge is 2.31. The molecule has 23 heavy (non-hydrogen) atoms. The van der Waals surface area contributed by atoms with Crippen LogP contribution in [-0.4, -0.2) is 25.5 Å². The number of imidazole rings is 1. The lowest BCUT2D eigenvalue weighted by molar-refractivity contribution is -0.116. The molecule has 0 bridgehead atoms. The summed E-state index contributed by atoms with van der Waals surface area (Å²) in [6.45, 7) is 0. The molecule has 0 radical (unpaired) electrons. The van der Waals surface area contributed by atoms with Crippen molar-refractivity contribution in [1.29, 1.82) is 0 Å². The van der Waals surface area contributed by atoms with Crippen molar-refractivity contribution >= 4 is 50.4 Å². The molecule has 4 aromatic rings. The normalized spacial score (nSPS) is 17.6. The number of rotatable bonds is 1. The first kappa shape index (κ1) is 13.1. The van der Waals surface area contributed by atoms with E-state index in [0.717, 1.165) is 32.8 Å². The Morgan fingerprint density at radius 1 is 1.39 bits per heavy atom. The van der Waals surface area contributed by atoms with Crippen LogP contribution in [0, 0.1) is 0 Å². The number of fused-ring (bicyclic) bond motifs is 3. The molecular weight excluding hydrogens is 334 g/mol. The van der Waals surface area contributed by atoms with Gasteiger partial charge in [-0.2, -0.15) is 5.10 Å². The minimum atomic E-state index is -0.129. The average molecular weight is 344 g/mol. The van der Waals surface area contributed by atoms with Crippen LogP contribution in [-0.2, 0) is 4.79 Å². The van der Waals surface area contributed by atoms with Gasteiger partial charge in [0.15, 0.2) is 10.1 Å². The number of anilines is 1. The molecule has 1 amide bonds. The van der Waals surface area contributed by atoms with Crippen molar-refractivity contribution in [2.75, 3.05) is 5.32 Å². The quantitative estimate of drug-likeness (QED) is 0.556. The lowest BCUT2D eigenvalue weighted by Gasteiger charge is -2.25. The molecule has 0 saturated heterocycles. The lowest BCUT2D eigenvalue weighted by atomic mass is 9.87. The second-order valence-corrected chi connectivity index (χ2v) is 6.78. The van der Waals surface area contributed by atoms with Crippen molar-refractivity contribution in [2.45, 2.75) is 12.3 Å². The Morgan fingerprint density at radius 2 is 2.30 bits per heavy atom. The number of H-pyrrole nitrogens is 1. The lowest BCUT2D eigenvalue weighted by Crippen LogP contribution is -2.24. The first-order valence-corrected chi connectivity index (χ1v) is 8.34. The Kier molecular flexibility index (Phi) is 2.60. The highest BCUT2D eigenvalue weighted by atomic mass is 35.5. The van der Waals surface area contributed by atoms with Gasteiger partial charge in [0.2, 0.25) is 5.91 Å². The molecule has 0 spiro atoms. The van der Waals surface area contributed by atoms with Gasteiger partial charge in [0, 0.05) is 35.0 Å². The van der Waals surface area contributed by atoms with Gasteiger partial charge in [-0.15, -0.1) is 11.3 Å². The monoisotopic (exact) mass is 343 g/mol. The van der Waals surface area contributed by atoms with E-state index in [1.54, 1.807) is 6.20 Å². The van der Waals surface area contributed by atoms with Crippen LogP contribution in [0.2, 0.25) is 5.15 Å². The average Bonchev–Trinajstić information content (AvgIpc) is 3.19. The van der Waals surface area contributed by atoms with Gasteiger partial charge in [0.05, 0.1) is 17.4 Å². The van der Waals surface area contributed by atoms with Crippen LogP contribution in [0.3, 0.4) is 0 Å². The Bertz CT molecular complexity index is 1080. The number of halogens is 1. The van der Waals surface area contributed by atoms with Gasteiger partial charge in [0.1, 0.15) is 0 Å². The molecule has 2 N–H and O–H groups in total. The molecule has 0 fully saturated rings. The third-order valence-corrected chi connectivity index (χ3v) is 5.27. The van der Waals surface area contributed by atoms with Gasteiger partial charge in [0.25, 0.3) is 0 Å². The van der Waals surface area contributed by atoms with Crippen LogP contribution in [0.5, 0.6) is 0 Å². The van der Waals surface area contributed by atoms with Crippen molar-refractivity contribution in [2.24, 2.45) is 0 Å². The number of hydrogen-bond donors (Lipinski definition) is 2. The summed E-state index contributed by atoms with van der Waals surface area (Å²) in [5.41, 5.74) is 3.59. The topological polar surface area (TPSA) is 75.1 Å². The molecular formula is C15H10ClN5OS. The summed E-state index contributed by atoms with van der Waals surface area (Å²) in [5, 5.41) is 13.3. The fourth-order valence-electron chi connectivity index (χ4n) is 3.23. The largest absolute Gasteiger partial charge is 0.326 e. The van der Waals surface area contributed by atoms with E-state index in [1.807, 2.05) is 22.0 Å². The molecule has 114 valence electrons. The molecule has 1 aliphatic heterocycles. The maximum Gasteiger partial charge on any atom is 0.225 e. The molecule has 1 atom stereocenters. The zero-order valence-electron chi connectivity index (χ0n) is 11.7. The minimum Gasteiger partial charge on any atom is -0.326 e. The summed E-state index contributed by atoms with van der Waals surface area (Å²) in [7, 11) is 0. The van der Waals surface area contributed by atoms with Crippen LogP contribution in [0.4, 0.5) is 5.69 Å². The van der Waals surface area contributed by atoms with E-state index in [9.17, 15) is 4.79 Å². The van der Waals surface area contributed by atoms with Crippen molar-refractivity contribution < 1.29 is 4.79 Å².